The van der Waals surface area contributed by atoms with Crippen LogP contribution in [0.25, 0.3) is 4.96 Å². The van der Waals surface area contributed by atoms with Gasteiger partial charge in [-0.25, -0.2) is 4.98 Å². The van der Waals surface area contributed by atoms with Gasteiger partial charge in [0.25, 0.3) is 11.5 Å². The number of ether oxygens (including phenoxy) is 1. The van der Waals surface area contributed by atoms with Crippen molar-refractivity contribution in [3.8, 4) is 5.75 Å². The molecule has 29 heavy (non-hydrogen) atoms. The molecule has 1 aliphatic heterocycles. The number of thiazole rings is 1. The predicted molar refractivity (Wildman–Crippen MR) is 113 cm³/mol. The van der Waals surface area contributed by atoms with Crippen molar-refractivity contribution in [2.45, 2.75) is 20.4 Å². The Hall–Kier alpha value is -2.71. The zero-order valence-corrected chi connectivity index (χ0v) is 17.4. The number of hydrogen-bond donors (Lipinski definition) is 0. The van der Waals surface area contributed by atoms with Crippen LogP contribution in [0, 0.1) is 13.8 Å². The third kappa shape index (κ3) is 4.49. The van der Waals surface area contributed by atoms with E-state index in [1.807, 2.05) is 42.3 Å². The smallest absolute Gasteiger partial charge is 0.260 e. The van der Waals surface area contributed by atoms with E-state index in [1.54, 1.807) is 16.7 Å². The van der Waals surface area contributed by atoms with Gasteiger partial charge in [-0.1, -0.05) is 12.1 Å². The highest BCUT2D eigenvalue weighted by molar-refractivity contribution is 7.15. The van der Waals surface area contributed by atoms with E-state index in [4.69, 9.17) is 4.74 Å². The largest absolute Gasteiger partial charge is 0.483 e. The Kier molecular flexibility index (Phi) is 5.64. The van der Waals surface area contributed by atoms with Crippen molar-refractivity contribution >= 4 is 22.2 Å². The lowest BCUT2D eigenvalue weighted by molar-refractivity contribution is -0.135. The van der Waals surface area contributed by atoms with E-state index in [-0.39, 0.29) is 18.1 Å². The fourth-order valence-electron chi connectivity index (χ4n) is 3.45. The van der Waals surface area contributed by atoms with Crippen molar-refractivity contribution in [1.29, 1.82) is 0 Å². The molecule has 0 atom stereocenters. The van der Waals surface area contributed by atoms with E-state index in [0.717, 1.165) is 35.7 Å². The molecule has 0 radical (unpaired) electrons. The van der Waals surface area contributed by atoms with Crippen molar-refractivity contribution in [2.24, 2.45) is 0 Å². The first-order chi connectivity index (χ1) is 14.0. The van der Waals surface area contributed by atoms with Gasteiger partial charge in [0, 0.05) is 50.4 Å². The molecule has 3 heterocycles. The third-order valence-corrected chi connectivity index (χ3v) is 5.92. The Bertz CT molecular complexity index is 1080. The minimum Gasteiger partial charge on any atom is -0.483 e. The maximum absolute atomic E-state index is 12.5. The second-order valence-electron chi connectivity index (χ2n) is 7.36. The molecule has 1 aromatic carbocycles. The van der Waals surface area contributed by atoms with Crippen molar-refractivity contribution in [3.05, 3.63) is 63.0 Å². The molecule has 1 aliphatic rings. The standard InChI is InChI=1S/C21H24N4O3S/c1-15-3-4-16(2)18(11-15)28-14-20(27)24-7-5-23(6-8-24)13-17-12-19(26)25-9-10-29-21(25)22-17/h3-4,9-12H,5-8,13-14H2,1-2H3. The molecule has 0 saturated carbocycles. The molecule has 1 saturated heterocycles. The molecule has 0 spiro atoms. The molecule has 0 bridgehead atoms. The molecule has 0 unspecified atom stereocenters. The summed E-state index contributed by atoms with van der Waals surface area (Å²) >= 11 is 1.45. The number of carbonyl (C=O) groups excluding carboxylic acids is 1. The van der Waals surface area contributed by atoms with Crippen LogP contribution < -0.4 is 10.3 Å². The Labute approximate surface area is 173 Å². The van der Waals surface area contributed by atoms with Crippen LogP contribution in [0.15, 0.2) is 40.6 Å². The van der Waals surface area contributed by atoms with Crippen molar-refractivity contribution in [3.63, 3.8) is 0 Å². The highest BCUT2D eigenvalue weighted by Crippen LogP contribution is 2.19. The van der Waals surface area contributed by atoms with E-state index in [9.17, 15) is 9.59 Å². The second kappa shape index (κ2) is 8.34. The molecule has 1 fully saturated rings. The number of benzene rings is 1. The van der Waals surface area contributed by atoms with Crippen molar-refractivity contribution < 1.29 is 9.53 Å². The van der Waals surface area contributed by atoms with E-state index in [0.29, 0.717) is 24.6 Å². The SMILES string of the molecule is Cc1ccc(C)c(OCC(=O)N2CCN(Cc3cc(=O)n4ccsc4n3)CC2)c1. The van der Waals surface area contributed by atoms with Crippen LogP contribution in [-0.2, 0) is 11.3 Å². The zero-order chi connectivity index (χ0) is 20.4. The lowest BCUT2D eigenvalue weighted by atomic mass is 10.1. The summed E-state index contributed by atoms with van der Waals surface area (Å²) in [6.45, 7) is 7.45. The highest BCUT2D eigenvalue weighted by Gasteiger charge is 2.22. The minimum absolute atomic E-state index is 0.00179. The van der Waals surface area contributed by atoms with Crippen LogP contribution >= 0.6 is 11.3 Å². The van der Waals surface area contributed by atoms with E-state index >= 15 is 0 Å². The van der Waals surface area contributed by atoms with Crippen LogP contribution in [0.4, 0.5) is 0 Å². The number of hydrogen-bond acceptors (Lipinski definition) is 6. The summed E-state index contributed by atoms with van der Waals surface area (Å²) in [5, 5.41) is 1.86. The minimum atomic E-state index is -0.0522. The molecule has 4 rings (SSSR count). The average molecular weight is 413 g/mol. The molecule has 8 heteroatoms. The maximum Gasteiger partial charge on any atom is 0.260 e. The summed E-state index contributed by atoms with van der Waals surface area (Å²) in [4.78, 5) is 34.0. The van der Waals surface area contributed by atoms with Gasteiger partial charge in [-0.2, -0.15) is 0 Å². The Morgan fingerprint density at radius 3 is 2.76 bits per heavy atom. The number of rotatable bonds is 5. The van der Waals surface area contributed by atoms with Gasteiger partial charge in [-0.15, -0.1) is 11.3 Å². The number of fused-ring (bicyclic) bond motifs is 1. The number of aromatic nitrogens is 2. The van der Waals surface area contributed by atoms with Gasteiger partial charge in [-0.3, -0.25) is 18.9 Å². The Morgan fingerprint density at radius 1 is 1.17 bits per heavy atom. The van der Waals surface area contributed by atoms with Gasteiger partial charge in [0.15, 0.2) is 11.6 Å². The number of carbonyl (C=O) groups is 1. The zero-order valence-electron chi connectivity index (χ0n) is 16.6. The van der Waals surface area contributed by atoms with Gasteiger partial charge >= 0.3 is 0 Å². The first-order valence-electron chi connectivity index (χ1n) is 9.65. The molecular formula is C21H24N4O3S. The van der Waals surface area contributed by atoms with E-state index in [2.05, 4.69) is 9.88 Å². The van der Waals surface area contributed by atoms with Crippen LogP contribution in [0.2, 0.25) is 0 Å². The maximum atomic E-state index is 12.5. The predicted octanol–water partition coefficient (Wildman–Crippen LogP) is 2.10. The number of piperazine rings is 1. The van der Waals surface area contributed by atoms with Crippen LogP contribution in [0.3, 0.4) is 0 Å². The van der Waals surface area contributed by atoms with E-state index < -0.39 is 0 Å². The normalized spacial score (nSPS) is 15.0. The first-order valence-corrected chi connectivity index (χ1v) is 10.5. The molecular weight excluding hydrogens is 388 g/mol. The molecule has 2 aromatic heterocycles. The summed E-state index contributed by atoms with van der Waals surface area (Å²) in [6.07, 6.45) is 1.74. The molecule has 152 valence electrons. The lowest BCUT2D eigenvalue weighted by Crippen LogP contribution is -2.49. The molecule has 0 aliphatic carbocycles. The van der Waals surface area contributed by atoms with Crippen LogP contribution in [0.1, 0.15) is 16.8 Å². The third-order valence-electron chi connectivity index (χ3n) is 5.16. The summed E-state index contributed by atoms with van der Waals surface area (Å²) in [7, 11) is 0. The van der Waals surface area contributed by atoms with Crippen LogP contribution in [-0.4, -0.2) is 57.9 Å². The Balaban J connectivity index is 1.30. The summed E-state index contributed by atoms with van der Waals surface area (Å²) in [5.41, 5.74) is 2.86. The quantitative estimate of drug-likeness (QED) is 0.642. The van der Waals surface area contributed by atoms with E-state index in [1.165, 1.54) is 11.3 Å². The molecule has 3 aromatic rings. The lowest BCUT2D eigenvalue weighted by Gasteiger charge is -2.34. The summed E-state index contributed by atoms with van der Waals surface area (Å²) in [6, 6.07) is 7.58. The Morgan fingerprint density at radius 2 is 1.97 bits per heavy atom. The highest BCUT2D eigenvalue weighted by atomic mass is 32.1. The first kappa shape index (κ1) is 19.6. The molecule has 0 N–H and O–H groups in total. The van der Waals surface area contributed by atoms with Crippen molar-refractivity contribution in [1.82, 2.24) is 19.2 Å². The molecule has 1 amide bonds. The van der Waals surface area contributed by atoms with Gasteiger partial charge < -0.3 is 9.64 Å². The number of aryl methyl sites for hydroxylation is 2. The second-order valence-corrected chi connectivity index (χ2v) is 8.23. The fraction of sp³-hybridized carbons (Fsp3) is 0.381. The van der Waals surface area contributed by atoms with Gasteiger partial charge in [0.2, 0.25) is 0 Å². The fourth-order valence-corrected chi connectivity index (χ4v) is 4.19. The van der Waals surface area contributed by atoms with Crippen LogP contribution in [0.5, 0.6) is 5.75 Å². The van der Waals surface area contributed by atoms with Gasteiger partial charge in [-0.05, 0) is 31.0 Å². The number of amides is 1. The summed E-state index contributed by atoms with van der Waals surface area (Å²) < 4.78 is 7.31. The average Bonchev–Trinajstić information content (AvgIpc) is 3.18. The summed E-state index contributed by atoms with van der Waals surface area (Å²) in [5.74, 6) is 0.764. The van der Waals surface area contributed by atoms with Gasteiger partial charge in [0.1, 0.15) is 5.75 Å². The topological polar surface area (TPSA) is 67.2 Å². The molecule has 7 nitrogen and oxygen atoms in total. The number of nitrogens with zero attached hydrogens (tertiary/aromatic N) is 4. The monoisotopic (exact) mass is 412 g/mol. The van der Waals surface area contributed by atoms with Crippen molar-refractivity contribution in [2.75, 3.05) is 32.8 Å². The van der Waals surface area contributed by atoms with Gasteiger partial charge in [0.05, 0.1) is 5.69 Å².